The fourth-order valence-corrected chi connectivity index (χ4v) is 2.94. The number of nitrogens with one attached hydrogen (secondary N) is 2. The van der Waals surface area contributed by atoms with Crippen molar-refractivity contribution in [3.05, 3.63) is 40.7 Å². The van der Waals surface area contributed by atoms with Crippen LogP contribution in [0.15, 0.2) is 40.7 Å². The molecule has 3 heteroatoms. The Morgan fingerprint density at radius 2 is 2.00 bits per heavy atom. The van der Waals surface area contributed by atoms with Crippen molar-refractivity contribution in [2.75, 3.05) is 13.7 Å². The zero-order valence-electron chi connectivity index (χ0n) is 15.8. The third-order valence-corrected chi connectivity index (χ3v) is 4.72. The Bertz CT molecular complexity index is 518. The maximum atomic E-state index is 4.92. The number of hydroxylamine groups is 1. The van der Waals surface area contributed by atoms with Crippen molar-refractivity contribution in [3.63, 3.8) is 0 Å². The summed E-state index contributed by atoms with van der Waals surface area (Å²) >= 11 is 0. The standard InChI is InChI=1S/C21H34N2O/c1-5-7-18(8-6-13-22-24-4)15-20(14-16(2)19-9-10-19)17(3)23-21-11-12-21/h5,14-15,17,19,21-23H,6,8-13H2,1-4H3/b16-14+,20-15+. The van der Waals surface area contributed by atoms with Crippen LogP contribution in [0.25, 0.3) is 0 Å². The Balaban J connectivity index is 2.09. The van der Waals surface area contributed by atoms with Gasteiger partial charge in [-0.1, -0.05) is 11.6 Å². The predicted molar refractivity (Wildman–Crippen MR) is 102 cm³/mol. The van der Waals surface area contributed by atoms with Crippen LogP contribution in [0.1, 0.15) is 59.3 Å². The molecule has 2 fully saturated rings. The molecule has 134 valence electrons. The van der Waals surface area contributed by atoms with Crippen molar-refractivity contribution >= 4 is 0 Å². The molecule has 2 aliphatic rings. The first kappa shape index (κ1) is 19.2. The average Bonchev–Trinajstić information content (AvgIpc) is 3.44. The summed E-state index contributed by atoms with van der Waals surface area (Å²) in [5, 5.41) is 3.75. The smallest absolute Gasteiger partial charge is 0.0572 e. The van der Waals surface area contributed by atoms with Crippen molar-refractivity contribution in [2.24, 2.45) is 5.92 Å². The summed E-state index contributed by atoms with van der Waals surface area (Å²) in [6.07, 6.45) is 14.2. The second-order valence-electron chi connectivity index (χ2n) is 7.13. The van der Waals surface area contributed by atoms with Gasteiger partial charge in [0, 0.05) is 18.6 Å². The van der Waals surface area contributed by atoms with Gasteiger partial charge in [-0.25, -0.2) is 5.48 Å². The topological polar surface area (TPSA) is 33.3 Å². The van der Waals surface area contributed by atoms with Crippen LogP contribution in [0, 0.1) is 5.92 Å². The summed E-state index contributed by atoms with van der Waals surface area (Å²) in [4.78, 5) is 4.92. The summed E-state index contributed by atoms with van der Waals surface area (Å²) < 4.78 is 0. The van der Waals surface area contributed by atoms with E-state index in [9.17, 15) is 0 Å². The number of rotatable bonds is 11. The van der Waals surface area contributed by atoms with Crippen LogP contribution < -0.4 is 10.8 Å². The predicted octanol–water partition coefficient (Wildman–Crippen LogP) is 4.44. The molecule has 2 N–H and O–H groups in total. The lowest BCUT2D eigenvalue weighted by Gasteiger charge is -2.17. The van der Waals surface area contributed by atoms with E-state index in [2.05, 4.69) is 42.5 Å². The maximum Gasteiger partial charge on any atom is 0.0572 e. The van der Waals surface area contributed by atoms with E-state index in [-0.39, 0.29) is 0 Å². The lowest BCUT2D eigenvalue weighted by molar-refractivity contribution is 0.0911. The molecule has 2 aliphatic carbocycles. The van der Waals surface area contributed by atoms with Gasteiger partial charge in [-0.2, -0.15) is 0 Å². The minimum absolute atomic E-state index is 0.400. The molecule has 2 saturated carbocycles. The molecule has 3 nitrogen and oxygen atoms in total. The van der Waals surface area contributed by atoms with Crippen LogP contribution in [-0.4, -0.2) is 25.7 Å². The van der Waals surface area contributed by atoms with Gasteiger partial charge in [-0.3, -0.25) is 0 Å². The van der Waals surface area contributed by atoms with Crippen LogP contribution in [0.2, 0.25) is 0 Å². The lowest BCUT2D eigenvalue weighted by Crippen LogP contribution is -2.29. The van der Waals surface area contributed by atoms with E-state index in [1.807, 2.05) is 13.0 Å². The van der Waals surface area contributed by atoms with Gasteiger partial charge in [-0.05, 0) is 88.5 Å². The summed E-state index contributed by atoms with van der Waals surface area (Å²) in [5.41, 5.74) is 10.5. The highest BCUT2D eigenvalue weighted by atomic mass is 16.6. The van der Waals surface area contributed by atoms with E-state index >= 15 is 0 Å². The van der Waals surface area contributed by atoms with E-state index in [1.165, 1.54) is 42.4 Å². The third kappa shape index (κ3) is 7.19. The zero-order chi connectivity index (χ0) is 17.4. The highest BCUT2D eigenvalue weighted by molar-refractivity contribution is 5.36. The molecule has 0 aromatic carbocycles. The number of allylic oxidation sites excluding steroid dienone is 3. The molecule has 24 heavy (non-hydrogen) atoms. The molecule has 0 aliphatic heterocycles. The summed E-state index contributed by atoms with van der Waals surface area (Å²) in [5.74, 6) is 0.821. The largest absolute Gasteiger partial charge is 0.307 e. The van der Waals surface area contributed by atoms with E-state index in [0.717, 1.165) is 31.3 Å². The highest BCUT2D eigenvalue weighted by Crippen LogP contribution is 2.37. The molecular weight excluding hydrogens is 296 g/mol. The van der Waals surface area contributed by atoms with Crippen molar-refractivity contribution in [1.82, 2.24) is 10.8 Å². The van der Waals surface area contributed by atoms with Gasteiger partial charge in [0.05, 0.1) is 7.11 Å². The summed E-state index contributed by atoms with van der Waals surface area (Å²) in [6, 6.07) is 1.12. The number of hydrogen-bond donors (Lipinski definition) is 2. The van der Waals surface area contributed by atoms with Gasteiger partial charge in [-0.15, -0.1) is 5.73 Å². The van der Waals surface area contributed by atoms with Gasteiger partial charge in [0.25, 0.3) is 0 Å². The molecule has 0 radical (unpaired) electrons. The van der Waals surface area contributed by atoms with Gasteiger partial charge < -0.3 is 10.2 Å². The molecule has 0 amide bonds. The van der Waals surface area contributed by atoms with Crippen molar-refractivity contribution in [1.29, 1.82) is 0 Å². The minimum Gasteiger partial charge on any atom is -0.307 e. The van der Waals surface area contributed by atoms with Gasteiger partial charge in [0.1, 0.15) is 0 Å². The Hall–Kier alpha value is -1.12. The highest BCUT2D eigenvalue weighted by Gasteiger charge is 2.26. The molecule has 1 atom stereocenters. The Kier molecular flexibility index (Phi) is 8.01. The Morgan fingerprint density at radius 3 is 2.58 bits per heavy atom. The van der Waals surface area contributed by atoms with Crippen molar-refractivity contribution in [2.45, 2.75) is 71.4 Å². The first-order chi connectivity index (χ1) is 11.6. The lowest BCUT2D eigenvalue weighted by atomic mass is 9.99. The van der Waals surface area contributed by atoms with Crippen molar-refractivity contribution in [3.8, 4) is 0 Å². The van der Waals surface area contributed by atoms with Gasteiger partial charge in [0.15, 0.2) is 0 Å². The molecule has 0 spiro atoms. The molecule has 0 saturated heterocycles. The van der Waals surface area contributed by atoms with Crippen LogP contribution in [-0.2, 0) is 4.84 Å². The molecule has 2 rings (SSSR count). The fraction of sp³-hybridized carbons (Fsp3) is 0.667. The molecule has 0 heterocycles. The minimum atomic E-state index is 0.400. The van der Waals surface area contributed by atoms with Crippen LogP contribution in [0.4, 0.5) is 0 Å². The molecule has 0 aromatic heterocycles. The quantitative estimate of drug-likeness (QED) is 0.254. The Labute approximate surface area is 147 Å². The van der Waals surface area contributed by atoms with Crippen LogP contribution >= 0.6 is 0 Å². The second kappa shape index (κ2) is 10.0. The van der Waals surface area contributed by atoms with E-state index < -0.39 is 0 Å². The van der Waals surface area contributed by atoms with Gasteiger partial charge >= 0.3 is 0 Å². The molecule has 1 unspecified atom stereocenters. The number of hydrogen-bond acceptors (Lipinski definition) is 3. The molecular formula is C21H34N2O. The summed E-state index contributed by atoms with van der Waals surface area (Å²) in [6.45, 7) is 7.48. The molecule has 0 aromatic rings. The SMILES string of the molecule is CC=C=C(/C=C(\C=C(/C)C1CC1)C(C)NC1CC1)CCCNOC. The first-order valence-corrected chi connectivity index (χ1v) is 9.46. The molecule has 0 bridgehead atoms. The van der Waals surface area contributed by atoms with E-state index in [4.69, 9.17) is 4.84 Å². The van der Waals surface area contributed by atoms with E-state index in [0.29, 0.717) is 6.04 Å². The normalized spacial score (nSPS) is 19.8. The summed E-state index contributed by atoms with van der Waals surface area (Å²) in [7, 11) is 1.66. The monoisotopic (exact) mass is 330 g/mol. The Morgan fingerprint density at radius 1 is 1.25 bits per heavy atom. The first-order valence-electron chi connectivity index (χ1n) is 9.46. The van der Waals surface area contributed by atoms with E-state index in [1.54, 1.807) is 7.11 Å². The average molecular weight is 331 g/mol. The zero-order valence-corrected chi connectivity index (χ0v) is 15.8. The van der Waals surface area contributed by atoms with Crippen LogP contribution in [0.5, 0.6) is 0 Å². The third-order valence-electron chi connectivity index (χ3n) is 4.72. The van der Waals surface area contributed by atoms with Gasteiger partial charge in [0.2, 0.25) is 0 Å². The van der Waals surface area contributed by atoms with Crippen molar-refractivity contribution < 1.29 is 4.84 Å². The maximum absolute atomic E-state index is 4.92. The fourth-order valence-electron chi connectivity index (χ4n) is 2.94. The van der Waals surface area contributed by atoms with Crippen LogP contribution in [0.3, 0.4) is 0 Å². The second-order valence-corrected chi connectivity index (χ2v) is 7.13.